The smallest absolute Gasteiger partial charge is 0.168 e. The van der Waals surface area contributed by atoms with E-state index >= 15 is 0 Å². The first-order chi connectivity index (χ1) is 12.0. The van der Waals surface area contributed by atoms with E-state index in [1.807, 2.05) is 0 Å². The van der Waals surface area contributed by atoms with Crippen molar-refractivity contribution in [1.29, 1.82) is 5.26 Å². The van der Waals surface area contributed by atoms with Crippen LogP contribution in [-0.4, -0.2) is 14.1 Å². The van der Waals surface area contributed by atoms with Gasteiger partial charge in [-0.05, 0) is 54.0 Å². The third-order valence-electron chi connectivity index (χ3n) is 3.60. The number of ether oxygens (including phenoxy) is 1. The average molecular weight is 445 g/mol. The van der Waals surface area contributed by atoms with Crippen LogP contribution in [0, 0.1) is 17.1 Å². The van der Waals surface area contributed by atoms with Crippen molar-refractivity contribution in [2.75, 3.05) is 0 Å². The molecule has 0 aliphatic heterocycles. The molecule has 0 aliphatic rings. The first kappa shape index (κ1) is 20.3. The molecule has 0 bridgehead atoms. The molecule has 1 atom stereocenters. The zero-order valence-electron chi connectivity index (χ0n) is 13.8. The highest BCUT2D eigenvalue weighted by Gasteiger charge is 2.32. The number of thiol groups is 1. The van der Waals surface area contributed by atoms with Crippen LogP contribution in [0.2, 0.25) is 0 Å². The monoisotopic (exact) mass is 444 g/mol. The van der Waals surface area contributed by atoms with Crippen molar-refractivity contribution in [3.05, 3.63) is 51.7 Å². The standard InChI is InChI=1S/C17H15BrF2N2O3S/c1-17(2,20)16(22)14-13(26(23)24)4-3-12(15(14)18)25-11-6-9(8-21)5-10(19)7-11/h3-7,16,26H,22H2,1-2H3. The lowest BCUT2D eigenvalue weighted by Gasteiger charge is -2.26. The first-order valence-electron chi connectivity index (χ1n) is 7.34. The van der Waals surface area contributed by atoms with Crippen molar-refractivity contribution >= 4 is 26.6 Å². The summed E-state index contributed by atoms with van der Waals surface area (Å²) in [5.41, 5.74) is 4.07. The third-order valence-corrected chi connectivity index (χ3v) is 5.20. The summed E-state index contributed by atoms with van der Waals surface area (Å²) >= 11 is 3.21. The summed E-state index contributed by atoms with van der Waals surface area (Å²) in [5, 5.41) is 8.90. The molecule has 0 saturated heterocycles. The van der Waals surface area contributed by atoms with E-state index in [0.29, 0.717) is 0 Å². The van der Waals surface area contributed by atoms with E-state index in [4.69, 9.17) is 15.7 Å². The fourth-order valence-corrected chi connectivity index (χ4v) is 3.72. The minimum atomic E-state index is -3.03. The van der Waals surface area contributed by atoms with Crippen molar-refractivity contribution in [3.8, 4) is 17.6 Å². The van der Waals surface area contributed by atoms with Gasteiger partial charge in [0.2, 0.25) is 0 Å². The molecule has 0 saturated carbocycles. The molecule has 0 radical (unpaired) electrons. The Kier molecular flexibility index (Phi) is 6.01. The van der Waals surface area contributed by atoms with Crippen molar-refractivity contribution in [2.24, 2.45) is 5.73 Å². The summed E-state index contributed by atoms with van der Waals surface area (Å²) in [4.78, 5) is -0.144. The van der Waals surface area contributed by atoms with Gasteiger partial charge in [-0.3, -0.25) is 0 Å². The summed E-state index contributed by atoms with van der Waals surface area (Å²) in [6, 6.07) is 6.53. The number of nitrogens with zero attached hydrogens (tertiary/aromatic N) is 1. The lowest BCUT2D eigenvalue weighted by Crippen LogP contribution is -2.32. The molecule has 2 aromatic rings. The highest BCUT2D eigenvalue weighted by Crippen LogP contribution is 2.41. The molecule has 0 amide bonds. The summed E-state index contributed by atoms with van der Waals surface area (Å²) in [6.45, 7) is 2.45. The number of nitrogens with two attached hydrogens (primary N) is 1. The van der Waals surface area contributed by atoms with E-state index < -0.39 is 28.2 Å². The van der Waals surface area contributed by atoms with E-state index in [-0.39, 0.29) is 32.0 Å². The predicted molar refractivity (Wildman–Crippen MR) is 96.0 cm³/mol. The number of alkyl halides is 1. The van der Waals surface area contributed by atoms with E-state index in [1.165, 1.54) is 32.0 Å². The minimum Gasteiger partial charge on any atom is -0.456 e. The van der Waals surface area contributed by atoms with Gasteiger partial charge in [0.25, 0.3) is 0 Å². The summed E-state index contributed by atoms with van der Waals surface area (Å²) in [7, 11) is -3.03. The second kappa shape index (κ2) is 7.70. The summed E-state index contributed by atoms with van der Waals surface area (Å²) in [5.74, 6) is -0.536. The third kappa shape index (κ3) is 4.38. The van der Waals surface area contributed by atoms with Crippen LogP contribution in [0.4, 0.5) is 8.78 Å². The SMILES string of the molecule is CC(C)(F)C(N)c1c([SH](=O)=O)ccc(Oc2cc(F)cc(C#N)c2)c1Br. The maximum atomic E-state index is 14.3. The van der Waals surface area contributed by atoms with Crippen LogP contribution in [0.3, 0.4) is 0 Å². The van der Waals surface area contributed by atoms with Gasteiger partial charge in [0, 0.05) is 11.6 Å². The van der Waals surface area contributed by atoms with Crippen molar-refractivity contribution in [2.45, 2.75) is 30.5 Å². The Hall–Kier alpha value is -2.02. The van der Waals surface area contributed by atoms with Crippen LogP contribution in [0.25, 0.3) is 0 Å². The van der Waals surface area contributed by atoms with Gasteiger partial charge < -0.3 is 10.5 Å². The van der Waals surface area contributed by atoms with Crippen LogP contribution in [-0.2, 0) is 10.7 Å². The topological polar surface area (TPSA) is 93.2 Å². The number of hydrogen-bond donors (Lipinski definition) is 2. The Labute approximate surface area is 159 Å². The number of halogens is 3. The molecule has 0 aromatic heterocycles. The molecule has 2 N–H and O–H groups in total. The van der Waals surface area contributed by atoms with E-state index in [1.54, 1.807) is 6.07 Å². The number of rotatable bonds is 5. The number of benzene rings is 2. The van der Waals surface area contributed by atoms with Gasteiger partial charge in [-0.15, -0.1) is 0 Å². The molecule has 9 heteroatoms. The van der Waals surface area contributed by atoms with Gasteiger partial charge >= 0.3 is 0 Å². The first-order valence-corrected chi connectivity index (χ1v) is 9.31. The van der Waals surface area contributed by atoms with E-state index in [2.05, 4.69) is 15.9 Å². The van der Waals surface area contributed by atoms with Crippen LogP contribution >= 0.6 is 15.9 Å². The Balaban J connectivity index is 2.59. The fourth-order valence-electron chi connectivity index (χ4n) is 2.25. The Bertz CT molecular complexity index is 958. The molecule has 2 aromatic carbocycles. The summed E-state index contributed by atoms with van der Waals surface area (Å²) in [6.07, 6.45) is 0. The van der Waals surface area contributed by atoms with Gasteiger partial charge in [-0.1, -0.05) is 0 Å². The normalized spacial score (nSPS) is 12.7. The van der Waals surface area contributed by atoms with Crippen molar-refractivity contribution < 1.29 is 21.9 Å². The second-order valence-corrected chi connectivity index (χ2v) is 7.79. The molecule has 0 aliphatic carbocycles. The van der Waals surface area contributed by atoms with Gasteiger partial charge in [0.1, 0.15) is 23.0 Å². The molecule has 26 heavy (non-hydrogen) atoms. The van der Waals surface area contributed by atoms with Crippen LogP contribution in [0.15, 0.2) is 39.7 Å². The molecule has 138 valence electrons. The zero-order chi connectivity index (χ0) is 19.6. The molecule has 5 nitrogen and oxygen atoms in total. The molecular formula is C17H15BrF2N2O3S. The average Bonchev–Trinajstić information content (AvgIpc) is 2.54. The van der Waals surface area contributed by atoms with Crippen LogP contribution in [0.5, 0.6) is 11.5 Å². The molecule has 0 heterocycles. The Morgan fingerprint density at radius 2 is 1.96 bits per heavy atom. The lowest BCUT2D eigenvalue weighted by molar-refractivity contribution is 0.172. The second-order valence-electron chi connectivity index (χ2n) is 6.00. The number of hydrogen-bond acceptors (Lipinski definition) is 5. The molecule has 0 spiro atoms. The molecule has 1 unspecified atom stereocenters. The van der Waals surface area contributed by atoms with E-state index in [0.717, 1.165) is 12.1 Å². The van der Waals surface area contributed by atoms with Crippen molar-refractivity contribution in [1.82, 2.24) is 0 Å². The van der Waals surface area contributed by atoms with Gasteiger partial charge in [-0.2, -0.15) is 5.26 Å². The van der Waals surface area contributed by atoms with E-state index in [9.17, 15) is 17.2 Å². The van der Waals surface area contributed by atoms with Gasteiger partial charge in [0.15, 0.2) is 10.7 Å². The number of nitriles is 1. The van der Waals surface area contributed by atoms with Crippen LogP contribution < -0.4 is 10.5 Å². The van der Waals surface area contributed by atoms with Gasteiger partial charge in [-0.25, -0.2) is 17.2 Å². The highest BCUT2D eigenvalue weighted by molar-refractivity contribution is 9.10. The maximum absolute atomic E-state index is 14.3. The molecular weight excluding hydrogens is 430 g/mol. The summed E-state index contributed by atoms with van der Waals surface area (Å²) < 4.78 is 56.6. The van der Waals surface area contributed by atoms with Gasteiger partial charge in [0.05, 0.1) is 27.0 Å². The van der Waals surface area contributed by atoms with Crippen molar-refractivity contribution in [3.63, 3.8) is 0 Å². The van der Waals surface area contributed by atoms with Crippen LogP contribution in [0.1, 0.15) is 31.0 Å². The fraction of sp³-hybridized carbons (Fsp3) is 0.235. The lowest BCUT2D eigenvalue weighted by atomic mass is 9.94. The molecule has 2 rings (SSSR count). The quantitative estimate of drug-likeness (QED) is 0.680. The Morgan fingerprint density at radius 3 is 2.50 bits per heavy atom. The molecule has 0 fully saturated rings. The Morgan fingerprint density at radius 1 is 1.31 bits per heavy atom. The minimum absolute atomic E-state index is 0.0167. The highest BCUT2D eigenvalue weighted by atomic mass is 79.9. The largest absolute Gasteiger partial charge is 0.456 e. The zero-order valence-corrected chi connectivity index (χ0v) is 16.3. The predicted octanol–water partition coefficient (Wildman–Crippen LogP) is 3.97. The maximum Gasteiger partial charge on any atom is 0.168 e.